The van der Waals surface area contributed by atoms with Crippen molar-refractivity contribution in [3.05, 3.63) is 40.7 Å². The quantitative estimate of drug-likeness (QED) is 0.921. The Labute approximate surface area is 123 Å². The van der Waals surface area contributed by atoms with Crippen LogP contribution in [0.15, 0.2) is 23.4 Å². The van der Waals surface area contributed by atoms with Gasteiger partial charge in [-0.3, -0.25) is 0 Å². The molecule has 20 heavy (non-hydrogen) atoms. The minimum Gasteiger partial charge on any atom is -0.314 e. The van der Waals surface area contributed by atoms with Gasteiger partial charge < -0.3 is 5.43 Å². The zero-order chi connectivity index (χ0) is 13.7. The van der Waals surface area contributed by atoms with Crippen molar-refractivity contribution in [2.75, 3.05) is 11.2 Å². The molecular weight excluding hydrogens is 268 g/mol. The van der Waals surface area contributed by atoms with Crippen LogP contribution in [0.2, 0.25) is 0 Å². The van der Waals surface area contributed by atoms with Crippen LogP contribution in [0.5, 0.6) is 0 Å². The van der Waals surface area contributed by atoms with Crippen LogP contribution in [0, 0.1) is 13.8 Å². The first kappa shape index (κ1) is 12.3. The molecule has 2 aromatic rings. The highest BCUT2D eigenvalue weighted by atomic mass is 32.2. The zero-order valence-electron chi connectivity index (χ0n) is 11.8. The van der Waals surface area contributed by atoms with Crippen molar-refractivity contribution < 1.29 is 0 Å². The number of aromatic nitrogens is 3. The highest BCUT2D eigenvalue weighted by Crippen LogP contribution is 2.41. The standard InChI is InChI=1S/C15H18N4S/c1-9-3-6-12(10(2)7-9)13-8-20-15-17-16-14(11-4-5-11)19(15)18-13/h3,6-7,11,13,18H,4-5,8H2,1-2H3. The van der Waals surface area contributed by atoms with Gasteiger partial charge in [0, 0.05) is 11.7 Å². The predicted octanol–water partition coefficient (Wildman–Crippen LogP) is 3.16. The molecule has 1 unspecified atom stereocenters. The smallest absolute Gasteiger partial charge is 0.210 e. The first-order chi connectivity index (χ1) is 9.72. The van der Waals surface area contributed by atoms with Crippen LogP contribution in [-0.4, -0.2) is 20.6 Å². The van der Waals surface area contributed by atoms with Gasteiger partial charge in [-0.25, -0.2) is 4.68 Å². The molecule has 0 amide bonds. The van der Waals surface area contributed by atoms with Gasteiger partial charge in [0.2, 0.25) is 5.16 Å². The molecule has 2 aliphatic rings. The lowest BCUT2D eigenvalue weighted by Crippen LogP contribution is -2.29. The summed E-state index contributed by atoms with van der Waals surface area (Å²) in [6, 6.07) is 7.03. The summed E-state index contributed by atoms with van der Waals surface area (Å²) in [6.07, 6.45) is 2.50. The van der Waals surface area contributed by atoms with E-state index in [9.17, 15) is 0 Å². The Morgan fingerprint density at radius 3 is 2.85 bits per heavy atom. The fraction of sp³-hybridized carbons (Fsp3) is 0.467. The third-order valence-electron chi connectivity index (χ3n) is 4.07. The Hall–Kier alpha value is -1.49. The molecule has 0 spiro atoms. The van der Waals surface area contributed by atoms with Gasteiger partial charge in [0.05, 0.1) is 6.04 Å². The molecular formula is C15H18N4S. The summed E-state index contributed by atoms with van der Waals surface area (Å²) in [7, 11) is 0. The van der Waals surface area contributed by atoms with Crippen molar-refractivity contribution in [2.24, 2.45) is 0 Å². The van der Waals surface area contributed by atoms with Crippen molar-refractivity contribution in [3.63, 3.8) is 0 Å². The average molecular weight is 286 g/mol. The second-order valence-corrected chi connectivity index (χ2v) is 6.79. The number of nitrogens with one attached hydrogen (secondary N) is 1. The van der Waals surface area contributed by atoms with E-state index in [4.69, 9.17) is 0 Å². The zero-order valence-corrected chi connectivity index (χ0v) is 12.6. The molecule has 2 heterocycles. The first-order valence-corrected chi connectivity index (χ1v) is 8.13. The van der Waals surface area contributed by atoms with Crippen molar-refractivity contribution >= 4 is 11.8 Å². The van der Waals surface area contributed by atoms with E-state index in [1.165, 1.54) is 29.5 Å². The Balaban J connectivity index is 1.67. The van der Waals surface area contributed by atoms with E-state index in [1.54, 1.807) is 11.8 Å². The molecule has 0 radical (unpaired) electrons. The van der Waals surface area contributed by atoms with Gasteiger partial charge >= 0.3 is 0 Å². The largest absolute Gasteiger partial charge is 0.314 e. The van der Waals surface area contributed by atoms with Crippen LogP contribution in [0.25, 0.3) is 0 Å². The topological polar surface area (TPSA) is 42.7 Å². The summed E-state index contributed by atoms with van der Waals surface area (Å²) >= 11 is 1.80. The van der Waals surface area contributed by atoms with Crippen LogP contribution in [-0.2, 0) is 0 Å². The van der Waals surface area contributed by atoms with E-state index in [2.05, 4.69) is 52.3 Å². The van der Waals surface area contributed by atoms with Gasteiger partial charge in [-0.15, -0.1) is 10.2 Å². The Kier molecular flexibility index (Phi) is 2.77. The van der Waals surface area contributed by atoms with Crippen LogP contribution in [0.3, 0.4) is 0 Å². The lowest BCUT2D eigenvalue weighted by molar-refractivity contribution is 0.631. The van der Waals surface area contributed by atoms with E-state index in [0.717, 1.165) is 16.7 Å². The molecule has 1 aromatic carbocycles. The highest BCUT2D eigenvalue weighted by molar-refractivity contribution is 7.99. The van der Waals surface area contributed by atoms with Gasteiger partial charge in [0.15, 0.2) is 5.82 Å². The van der Waals surface area contributed by atoms with Crippen LogP contribution in [0.1, 0.15) is 47.3 Å². The third kappa shape index (κ3) is 2.00. The normalized spacial score (nSPS) is 21.4. The maximum atomic E-state index is 4.35. The molecule has 0 saturated heterocycles. The first-order valence-electron chi connectivity index (χ1n) is 7.14. The molecule has 1 atom stereocenters. The van der Waals surface area contributed by atoms with Crippen molar-refractivity contribution in [1.82, 2.24) is 14.9 Å². The lowest BCUT2D eigenvalue weighted by Gasteiger charge is -2.27. The third-order valence-corrected chi connectivity index (χ3v) is 5.09. The summed E-state index contributed by atoms with van der Waals surface area (Å²) < 4.78 is 2.12. The van der Waals surface area contributed by atoms with Gasteiger partial charge in [-0.05, 0) is 37.8 Å². The fourth-order valence-corrected chi connectivity index (χ4v) is 3.77. The van der Waals surface area contributed by atoms with Crippen molar-refractivity contribution in [2.45, 2.75) is 43.8 Å². The SMILES string of the molecule is Cc1ccc(C2CSc3nnc(C4CC4)n3N2)c(C)c1. The fourth-order valence-electron chi connectivity index (χ4n) is 2.83. The molecule has 1 aliphatic heterocycles. The van der Waals surface area contributed by atoms with Crippen molar-refractivity contribution in [1.29, 1.82) is 0 Å². The highest BCUT2D eigenvalue weighted by Gasteiger charge is 2.33. The minimum atomic E-state index is 0.335. The monoisotopic (exact) mass is 286 g/mol. The molecule has 104 valence electrons. The van der Waals surface area contributed by atoms with Gasteiger partial charge in [-0.2, -0.15) is 0 Å². The number of hydrogen-bond acceptors (Lipinski definition) is 4. The molecule has 0 bridgehead atoms. The average Bonchev–Trinajstić information content (AvgIpc) is 3.18. The van der Waals surface area contributed by atoms with Gasteiger partial charge in [0.25, 0.3) is 0 Å². The molecule has 1 fully saturated rings. The molecule has 5 heteroatoms. The maximum absolute atomic E-state index is 4.35. The van der Waals surface area contributed by atoms with E-state index < -0.39 is 0 Å². The molecule has 1 aliphatic carbocycles. The molecule has 4 nitrogen and oxygen atoms in total. The molecule has 1 N–H and O–H groups in total. The second-order valence-electron chi connectivity index (χ2n) is 5.80. The van der Waals surface area contributed by atoms with E-state index in [0.29, 0.717) is 12.0 Å². The molecule has 1 saturated carbocycles. The van der Waals surface area contributed by atoms with Crippen molar-refractivity contribution in [3.8, 4) is 0 Å². The number of rotatable bonds is 2. The van der Waals surface area contributed by atoms with Crippen LogP contribution >= 0.6 is 11.8 Å². The number of aryl methyl sites for hydroxylation is 2. The summed E-state index contributed by atoms with van der Waals surface area (Å²) in [6.45, 7) is 4.33. The number of thioether (sulfide) groups is 1. The summed E-state index contributed by atoms with van der Waals surface area (Å²) in [4.78, 5) is 0. The summed E-state index contributed by atoms with van der Waals surface area (Å²) in [5.74, 6) is 2.73. The van der Waals surface area contributed by atoms with E-state index >= 15 is 0 Å². The lowest BCUT2D eigenvalue weighted by atomic mass is 10.0. The summed E-state index contributed by atoms with van der Waals surface area (Å²) in [5, 5.41) is 9.66. The van der Waals surface area contributed by atoms with E-state index in [-0.39, 0.29) is 0 Å². The summed E-state index contributed by atoms with van der Waals surface area (Å²) in [5.41, 5.74) is 7.67. The Bertz CT molecular complexity index is 660. The van der Waals surface area contributed by atoms with Crippen LogP contribution in [0.4, 0.5) is 0 Å². The number of nitrogens with zero attached hydrogens (tertiary/aromatic N) is 3. The second kappa shape index (κ2) is 4.52. The van der Waals surface area contributed by atoms with Gasteiger partial charge in [-0.1, -0.05) is 35.5 Å². The molecule has 1 aromatic heterocycles. The van der Waals surface area contributed by atoms with Gasteiger partial charge in [0.1, 0.15) is 0 Å². The number of benzene rings is 1. The Morgan fingerprint density at radius 1 is 1.25 bits per heavy atom. The number of hydrogen-bond donors (Lipinski definition) is 1. The molecule has 4 rings (SSSR count). The predicted molar refractivity (Wildman–Crippen MR) is 80.7 cm³/mol. The van der Waals surface area contributed by atoms with E-state index in [1.807, 2.05) is 0 Å². The number of fused-ring (bicyclic) bond motifs is 1. The van der Waals surface area contributed by atoms with Crippen LogP contribution < -0.4 is 5.43 Å². The maximum Gasteiger partial charge on any atom is 0.210 e. The Morgan fingerprint density at radius 2 is 2.10 bits per heavy atom. The minimum absolute atomic E-state index is 0.335.